The molecule has 2 aromatic rings. The summed E-state index contributed by atoms with van der Waals surface area (Å²) < 4.78 is 5.37. The molecule has 0 saturated carbocycles. The van der Waals surface area contributed by atoms with E-state index < -0.39 is 0 Å². The van der Waals surface area contributed by atoms with E-state index in [-0.39, 0.29) is 19.1 Å². The Morgan fingerprint density at radius 1 is 1.25 bits per heavy atom. The van der Waals surface area contributed by atoms with Crippen LogP contribution in [-0.2, 0) is 11.4 Å². The summed E-state index contributed by atoms with van der Waals surface area (Å²) in [5, 5.41) is 8.88. The van der Waals surface area contributed by atoms with Gasteiger partial charge in [-0.1, -0.05) is 18.2 Å². The highest BCUT2D eigenvalue weighted by molar-refractivity contribution is 5.93. The number of carbonyl (C=O) groups is 1. The van der Waals surface area contributed by atoms with Gasteiger partial charge in [-0.05, 0) is 24.3 Å². The van der Waals surface area contributed by atoms with Gasteiger partial charge in [-0.25, -0.2) is 0 Å². The maximum Gasteiger partial charge on any atom is 0.264 e. The van der Waals surface area contributed by atoms with Crippen LogP contribution >= 0.6 is 0 Å². The quantitative estimate of drug-likeness (QED) is 0.898. The smallest absolute Gasteiger partial charge is 0.264 e. The van der Waals surface area contributed by atoms with E-state index in [0.29, 0.717) is 11.4 Å². The molecule has 20 heavy (non-hydrogen) atoms. The summed E-state index contributed by atoms with van der Waals surface area (Å²) in [6.45, 7) is -0.179. The lowest BCUT2D eigenvalue weighted by Crippen LogP contribution is -2.31. The molecule has 0 atom stereocenters. The Balaban J connectivity index is 1.91. The van der Waals surface area contributed by atoms with Gasteiger partial charge >= 0.3 is 0 Å². The number of para-hydroxylation sites is 1. The standard InChI is InChI=1S/C15H16N2O3/c1-17(13-5-3-2-4-6-13)15(19)11-20-14-8-7-12(10-18)16-9-14/h2-9,18H,10-11H2,1H3. The summed E-state index contributed by atoms with van der Waals surface area (Å²) in [4.78, 5) is 17.5. The Hall–Kier alpha value is -2.40. The van der Waals surface area contributed by atoms with Crippen LogP contribution in [-0.4, -0.2) is 29.7 Å². The number of benzene rings is 1. The second kappa shape index (κ2) is 6.68. The molecule has 0 fully saturated rings. The molecule has 0 unspecified atom stereocenters. The van der Waals surface area contributed by atoms with E-state index in [1.807, 2.05) is 30.3 Å². The molecule has 1 N–H and O–H groups in total. The van der Waals surface area contributed by atoms with E-state index in [1.165, 1.54) is 11.1 Å². The van der Waals surface area contributed by atoms with E-state index in [9.17, 15) is 4.79 Å². The van der Waals surface area contributed by atoms with Crippen LogP contribution in [0, 0.1) is 0 Å². The van der Waals surface area contributed by atoms with E-state index in [1.54, 1.807) is 19.2 Å². The fourth-order valence-electron chi connectivity index (χ4n) is 1.63. The van der Waals surface area contributed by atoms with Gasteiger partial charge in [0.1, 0.15) is 5.75 Å². The lowest BCUT2D eigenvalue weighted by atomic mass is 10.3. The minimum Gasteiger partial charge on any atom is -0.482 e. The summed E-state index contributed by atoms with van der Waals surface area (Å²) in [6.07, 6.45) is 1.49. The van der Waals surface area contributed by atoms with Crippen molar-refractivity contribution in [2.45, 2.75) is 6.61 Å². The molecule has 0 aliphatic rings. The molecule has 1 amide bonds. The molecular formula is C15H16N2O3. The van der Waals surface area contributed by atoms with Crippen LogP contribution in [0.15, 0.2) is 48.7 Å². The number of hydrogen-bond acceptors (Lipinski definition) is 4. The summed E-state index contributed by atoms with van der Waals surface area (Å²) in [5.41, 5.74) is 1.37. The number of amides is 1. The number of anilines is 1. The first-order valence-corrected chi connectivity index (χ1v) is 6.21. The van der Waals surface area contributed by atoms with Gasteiger partial charge in [0.2, 0.25) is 0 Å². The van der Waals surface area contributed by atoms with Gasteiger partial charge in [0.05, 0.1) is 18.5 Å². The van der Waals surface area contributed by atoms with Crippen molar-refractivity contribution in [1.82, 2.24) is 4.98 Å². The number of ether oxygens (including phenoxy) is 1. The number of rotatable bonds is 5. The third kappa shape index (κ3) is 3.55. The third-order valence-electron chi connectivity index (χ3n) is 2.84. The number of carbonyl (C=O) groups excluding carboxylic acids is 1. The molecule has 0 spiro atoms. The maximum atomic E-state index is 12.0. The monoisotopic (exact) mass is 272 g/mol. The number of aromatic nitrogens is 1. The van der Waals surface area contributed by atoms with E-state index in [0.717, 1.165) is 5.69 Å². The Bertz CT molecular complexity index is 555. The average Bonchev–Trinajstić information content (AvgIpc) is 2.53. The zero-order chi connectivity index (χ0) is 14.4. The number of aliphatic hydroxyl groups excluding tert-OH is 1. The van der Waals surface area contributed by atoms with Crippen LogP contribution in [0.3, 0.4) is 0 Å². The van der Waals surface area contributed by atoms with Crippen molar-refractivity contribution in [2.75, 3.05) is 18.6 Å². The summed E-state index contributed by atoms with van der Waals surface area (Å²) in [7, 11) is 1.70. The van der Waals surface area contributed by atoms with Gasteiger partial charge in [0.25, 0.3) is 5.91 Å². The minimum atomic E-state index is -0.151. The van der Waals surface area contributed by atoms with Crippen LogP contribution in [0.4, 0.5) is 5.69 Å². The largest absolute Gasteiger partial charge is 0.482 e. The molecule has 2 rings (SSSR count). The predicted molar refractivity (Wildman–Crippen MR) is 75.5 cm³/mol. The van der Waals surface area contributed by atoms with Crippen molar-refractivity contribution in [3.05, 3.63) is 54.4 Å². The fourth-order valence-corrected chi connectivity index (χ4v) is 1.63. The highest BCUT2D eigenvalue weighted by atomic mass is 16.5. The van der Waals surface area contributed by atoms with E-state index in [4.69, 9.17) is 9.84 Å². The average molecular weight is 272 g/mol. The van der Waals surface area contributed by atoms with E-state index >= 15 is 0 Å². The van der Waals surface area contributed by atoms with Gasteiger partial charge in [-0.3, -0.25) is 9.78 Å². The molecule has 1 aromatic carbocycles. The van der Waals surface area contributed by atoms with Crippen LogP contribution in [0.5, 0.6) is 5.75 Å². The first-order valence-electron chi connectivity index (χ1n) is 6.21. The molecule has 5 nitrogen and oxygen atoms in total. The molecule has 0 bridgehead atoms. The van der Waals surface area contributed by atoms with Crippen molar-refractivity contribution in [3.63, 3.8) is 0 Å². The molecule has 5 heteroatoms. The maximum absolute atomic E-state index is 12.0. The van der Waals surface area contributed by atoms with E-state index in [2.05, 4.69) is 4.98 Å². The predicted octanol–water partition coefficient (Wildman–Crippen LogP) is 1.62. The summed E-state index contributed by atoms with van der Waals surface area (Å²) in [6, 6.07) is 12.7. The molecule has 104 valence electrons. The second-order valence-corrected chi connectivity index (χ2v) is 4.22. The molecule has 0 aliphatic heterocycles. The first kappa shape index (κ1) is 14.0. The zero-order valence-electron chi connectivity index (χ0n) is 11.2. The van der Waals surface area contributed by atoms with Crippen molar-refractivity contribution >= 4 is 11.6 Å². The molecule has 0 radical (unpaired) electrons. The Kier molecular flexibility index (Phi) is 4.68. The fraction of sp³-hybridized carbons (Fsp3) is 0.200. The van der Waals surface area contributed by atoms with Crippen molar-refractivity contribution in [3.8, 4) is 5.75 Å². The molecule has 0 saturated heterocycles. The van der Waals surface area contributed by atoms with Gasteiger partial charge in [-0.2, -0.15) is 0 Å². The first-order chi connectivity index (χ1) is 9.70. The summed E-state index contributed by atoms with van der Waals surface area (Å²) in [5.74, 6) is 0.347. The minimum absolute atomic E-state index is 0.0639. The highest BCUT2D eigenvalue weighted by Crippen LogP contribution is 2.13. The second-order valence-electron chi connectivity index (χ2n) is 4.22. The number of aliphatic hydroxyl groups is 1. The number of likely N-dealkylation sites (N-methyl/N-ethyl adjacent to an activating group) is 1. The molecule has 1 aromatic heterocycles. The normalized spacial score (nSPS) is 10.1. The van der Waals surface area contributed by atoms with Crippen molar-refractivity contribution in [2.24, 2.45) is 0 Å². The third-order valence-corrected chi connectivity index (χ3v) is 2.84. The van der Waals surface area contributed by atoms with Crippen LogP contribution < -0.4 is 9.64 Å². The molecular weight excluding hydrogens is 256 g/mol. The number of nitrogens with zero attached hydrogens (tertiary/aromatic N) is 2. The van der Waals surface area contributed by atoms with Crippen molar-refractivity contribution < 1.29 is 14.6 Å². The Morgan fingerprint density at radius 2 is 2.00 bits per heavy atom. The topological polar surface area (TPSA) is 62.7 Å². The lowest BCUT2D eigenvalue weighted by Gasteiger charge is -2.17. The van der Waals surface area contributed by atoms with Gasteiger partial charge in [0.15, 0.2) is 6.61 Å². The van der Waals surface area contributed by atoms with Crippen LogP contribution in [0.1, 0.15) is 5.69 Å². The lowest BCUT2D eigenvalue weighted by molar-refractivity contribution is -0.120. The Morgan fingerprint density at radius 3 is 2.60 bits per heavy atom. The van der Waals surface area contributed by atoms with Crippen LogP contribution in [0.2, 0.25) is 0 Å². The van der Waals surface area contributed by atoms with Gasteiger partial charge in [-0.15, -0.1) is 0 Å². The van der Waals surface area contributed by atoms with Gasteiger partial charge in [0, 0.05) is 12.7 Å². The molecule has 1 heterocycles. The SMILES string of the molecule is CN(C(=O)COc1ccc(CO)nc1)c1ccccc1. The van der Waals surface area contributed by atoms with Crippen LogP contribution in [0.25, 0.3) is 0 Å². The number of pyridine rings is 1. The van der Waals surface area contributed by atoms with Gasteiger partial charge < -0.3 is 14.7 Å². The summed E-state index contributed by atoms with van der Waals surface area (Å²) >= 11 is 0. The molecule has 0 aliphatic carbocycles. The zero-order valence-corrected chi connectivity index (χ0v) is 11.2. The highest BCUT2D eigenvalue weighted by Gasteiger charge is 2.11. The Labute approximate surface area is 117 Å². The number of hydrogen-bond donors (Lipinski definition) is 1. The van der Waals surface area contributed by atoms with Crippen molar-refractivity contribution in [1.29, 1.82) is 0 Å².